The van der Waals surface area contributed by atoms with Crippen molar-refractivity contribution in [2.75, 3.05) is 26.2 Å². The molecule has 0 rings (SSSR count). The quantitative estimate of drug-likeness (QED) is 0.694. The normalized spacial score (nSPS) is 15.7. The van der Waals surface area contributed by atoms with Crippen LogP contribution in [-0.2, 0) is 4.79 Å². The van der Waals surface area contributed by atoms with Crippen LogP contribution in [0.25, 0.3) is 0 Å². The third-order valence-electron chi connectivity index (χ3n) is 2.70. The first kappa shape index (κ1) is 17.2. The number of nitrogens with two attached hydrogens (primary N) is 1. The Hall–Kier alpha value is -0.820. The van der Waals surface area contributed by atoms with Crippen molar-refractivity contribution in [1.29, 1.82) is 0 Å². The third-order valence-corrected chi connectivity index (χ3v) is 2.70. The zero-order valence-corrected chi connectivity index (χ0v) is 11.1. The van der Waals surface area contributed by atoms with Crippen LogP contribution in [0.4, 0.5) is 13.2 Å². The Morgan fingerprint density at radius 2 is 1.83 bits per heavy atom. The standard InChI is InChI=1S/C11H22F3N3O/c1-4-6-16-10(3,9(15)18)7-17(5-2)8-11(12,13)14/h16H,4-8H2,1-3H3,(H2,15,18). The van der Waals surface area contributed by atoms with E-state index in [1.807, 2.05) is 6.92 Å². The minimum absolute atomic E-state index is 0.0572. The summed E-state index contributed by atoms with van der Waals surface area (Å²) in [5, 5.41) is 2.91. The zero-order chi connectivity index (χ0) is 14.4. The molecule has 0 saturated heterocycles. The van der Waals surface area contributed by atoms with Gasteiger partial charge in [-0.3, -0.25) is 9.69 Å². The van der Waals surface area contributed by atoms with E-state index in [-0.39, 0.29) is 13.1 Å². The Morgan fingerprint density at radius 3 is 2.17 bits per heavy atom. The topological polar surface area (TPSA) is 58.4 Å². The van der Waals surface area contributed by atoms with Crippen molar-refractivity contribution in [3.8, 4) is 0 Å². The second kappa shape index (κ2) is 6.94. The number of hydrogen-bond acceptors (Lipinski definition) is 3. The van der Waals surface area contributed by atoms with Crippen LogP contribution in [0.1, 0.15) is 27.2 Å². The van der Waals surface area contributed by atoms with Crippen molar-refractivity contribution >= 4 is 5.91 Å². The van der Waals surface area contributed by atoms with Crippen molar-refractivity contribution in [1.82, 2.24) is 10.2 Å². The van der Waals surface area contributed by atoms with Gasteiger partial charge in [-0.15, -0.1) is 0 Å². The highest BCUT2D eigenvalue weighted by atomic mass is 19.4. The molecule has 0 aliphatic rings. The fraction of sp³-hybridized carbons (Fsp3) is 0.909. The number of amides is 1. The van der Waals surface area contributed by atoms with Gasteiger partial charge in [0.25, 0.3) is 0 Å². The second-order valence-corrected chi connectivity index (χ2v) is 4.54. The van der Waals surface area contributed by atoms with Crippen molar-refractivity contribution in [2.24, 2.45) is 5.73 Å². The average Bonchev–Trinajstić information content (AvgIpc) is 2.23. The fourth-order valence-electron chi connectivity index (χ4n) is 1.60. The molecule has 7 heteroatoms. The van der Waals surface area contributed by atoms with E-state index in [0.717, 1.165) is 11.3 Å². The summed E-state index contributed by atoms with van der Waals surface area (Å²) < 4.78 is 37.0. The van der Waals surface area contributed by atoms with Gasteiger partial charge in [0.1, 0.15) is 5.54 Å². The number of halogens is 3. The number of primary amides is 1. The van der Waals surface area contributed by atoms with Crippen LogP contribution in [0.5, 0.6) is 0 Å². The molecule has 3 N–H and O–H groups in total. The van der Waals surface area contributed by atoms with Crippen molar-refractivity contribution in [3.05, 3.63) is 0 Å². The van der Waals surface area contributed by atoms with Crippen LogP contribution >= 0.6 is 0 Å². The predicted octanol–water partition coefficient (Wildman–Crippen LogP) is 1.11. The van der Waals surface area contributed by atoms with Crippen LogP contribution < -0.4 is 11.1 Å². The highest BCUT2D eigenvalue weighted by Gasteiger charge is 2.36. The summed E-state index contributed by atoms with van der Waals surface area (Å²) >= 11 is 0. The van der Waals surface area contributed by atoms with Gasteiger partial charge in [0.05, 0.1) is 6.54 Å². The van der Waals surface area contributed by atoms with E-state index in [0.29, 0.717) is 6.54 Å². The lowest BCUT2D eigenvalue weighted by Crippen LogP contribution is -2.60. The molecular weight excluding hydrogens is 247 g/mol. The van der Waals surface area contributed by atoms with Crippen molar-refractivity contribution in [3.63, 3.8) is 0 Å². The third kappa shape index (κ3) is 6.20. The summed E-state index contributed by atoms with van der Waals surface area (Å²) in [7, 11) is 0. The van der Waals surface area contributed by atoms with Crippen molar-refractivity contribution < 1.29 is 18.0 Å². The number of carbonyl (C=O) groups is 1. The number of nitrogens with one attached hydrogen (secondary N) is 1. The van der Waals surface area contributed by atoms with Gasteiger partial charge in [-0.25, -0.2) is 0 Å². The van der Waals surface area contributed by atoms with Crippen LogP contribution in [-0.4, -0.2) is 48.7 Å². The van der Waals surface area contributed by atoms with Gasteiger partial charge in [-0.05, 0) is 26.4 Å². The molecular formula is C11H22F3N3O. The summed E-state index contributed by atoms with van der Waals surface area (Å²) in [5.41, 5.74) is 4.13. The molecule has 0 fully saturated rings. The van der Waals surface area contributed by atoms with Gasteiger partial charge in [0.2, 0.25) is 5.91 Å². The molecule has 0 aromatic heterocycles. The smallest absolute Gasteiger partial charge is 0.368 e. The Balaban J connectivity index is 4.68. The highest BCUT2D eigenvalue weighted by molar-refractivity contribution is 5.84. The molecule has 0 bridgehead atoms. The van der Waals surface area contributed by atoms with E-state index in [9.17, 15) is 18.0 Å². The largest absolute Gasteiger partial charge is 0.401 e. The monoisotopic (exact) mass is 269 g/mol. The maximum atomic E-state index is 12.3. The SMILES string of the molecule is CCCNC(C)(CN(CC)CC(F)(F)F)C(N)=O. The number of rotatable bonds is 8. The highest BCUT2D eigenvalue weighted by Crippen LogP contribution is 2.18. The Labute approximate surface area is 106 Å². The zero-order valence-electron chi connectivity index (χ0n) is 11.1. The molecule has 18 heavy (non-hydrogen) atoms. The van der Waals surface area contributed by atoms with Crippen LogP contribution in [0.2, 0.25) is 0 Å². The molecule has 0 radical (unpaired) electrons. The molecule has 0 spiro atoms. The Bertz CT molecular complexity index is 271. The summed E-state index contributed by atoms with van der Waals surface area (Å²) in [6.45, 7) is 4.69. The Morgan fingerprint density at radius 1 is 1.28 bits per heavy atom. The molecule has 0 saturated carbocycles. The lowest BCUT2D eigenvalue weighted by molar-refractivity contribution is -0.149. The maximum Gasteiger partial charge on any atom is 0.401 e. The van der Waals surface area contributed by atoms with Gasteiger partial charge in [0.15, 0.2) is 0 Å². The minimum atomic E-state index is -4.28. The fourth-order valence-corrected chi connectivity index (χ4v) is 1.60. The summed E-state index contributed by atoms with van der Waals surface area (Å²) in [6, 6.07) is 0. The maximum absolute atomic E-state index is 12.3. The number of carbonyl (C=O) groups excluding carboxylic acids is 1. The lowest BCUT2D eigenvalue weighted by atomic mass is 10.0. The molecule has 1 atom stereocenters. The first-order chi connectivity index (χ1) is 8.14. The molecule has 0 aliphatic carbocycles. The molecule has 0 aromatic rings. The first-order valence-corrected chi connectivity index (χ1v) is 5.98. The second-order valence-electron chi connectivity index (χ2n) is 4.54. The number of alkyl halides is 3. The van der Waals surface area contributed by atoms with Gasteiger partial charge in [0, 0.05) is 6.54 Å². The summed E-state index contributed by atoms with van der Waals surface area (Å²) in [6.07, 6.45) is -3.51. The molecule has 0 aromatic carbocycles. The molecule has 1 amide bonds. The number of likely N-dealkylation sites (N-methyl/N-ethyl adjacent to an activating group) is 1. The average molecular weight is 269 g/mol. The van der Waals surface area contributed by atoms with E-state index in [1.165, 1.54) is 6.92 Å². The molecule has 108 valence electrons. The van der Waals surface area contributed by atoms with Gasteiger partial charge < -0.3 is 11.1 Å². The van der Waals surface area contributed by atoms with Crippen LogP contribution in [0, 0.1) is 0 Å². The lowest BCUT2D eigenvalue weighted by Gasteiger charge is -2.33. The first-order valence-electron chi connectivity index (χ1n) is 5.98. The van der Waals surface area contributed by atoms with E-state index in [1.54, 1.807) is 6.92 Å². The Kier molecular flexibility index (Phi) is 6.62. The van der Waals surface area contributed by atoms with E-state index >= 15 is 0 Å². The predicted molar refractivity (Wildman–Crippen MR) is 64.1 cm³/mol. The number of hydrogen-bond donors (Lipinski definition) is 2. The van der Waals surface area contributed by atoms with Gasteiger partial charge in [-0.2, -0.15) is 13.2 Å². The summed E-state index contributed by atoms with van der Waals surface area (Å²) in [4.78, 5) is 12.6. The van der Waals surface area contributed by atoms with Gasteiger partial charge >= 0.3 is 6.18 Å². The summed E-state index contributed by atoms with van der Waals surface area (Å²) in [5.74, 6) is -0.642. The molecule has 4 nitrogen and oxygen atoms in total. The van der Waals surface area contributed by atoms with Crippen LogP contribution in [0.15, 0.2) is 0 Å². The van der Waals surface area contributed by atoms with Crippen molar-refractivity contribution in [2.45, 2.75) is 38.9 Å². The van der Waals surface area contributed by atoms with E-state index < -0.39 is 24.2 Å². The van der Waals surface area contributed by atoms with Crippen LogP contribution in [0.3, 0.4) is 0 Å². The van der Waals surface area contributed by atoms with E-state index in [4.69, 9.17) is 5.73 Å². The number of nitrogens with zero attached hydrogens (tertiary/aromatic N) is 1. The van der Waals surface area contributed by atoms with E-state index in [2.05, 4.69) is 5.32 Å². The molecule has 0 aliphatic heterocycles. The molecule has 0 heterocycles. The minimum Gasteiger partial charge on any atom is -0.368 e. The van der Waals surface area contributed by atoms with Gasteiger partial charge in [-0.1, -0.05) is 13.8 Å². The molecule has 1 unspecified atom stereocenters.